The Hall–Kier alpha value is -6.40. The van der Waals surface area contributed by atoms with Gasteiger partial charge in [0.2, 0.25) is 0 Å². The number of hydrogen-bond acceptors (Lipinski definition) is 14. The van der Waals surface area contributed by atoms with Crippen LogP contribution in [0.2, 0.25) is 0 Å². The Balaban J connectivity index is 1.11. The monoisotopic (exact) mass is 1740 g/mol. The van der Waals surface area contributed by atoms with Gasteiger partial charge in [0.25, 0.3) is 0 Å². The summed E-state index contributed by atoms with van der Waals surface area (Å²) in [5.41, 5.74) is 12.1. The van der Waals surface area contributed by atoms with Crippen LogP contribution in [0.4, 0.5) is 0 Å². The van der Waals surface area contributed by atoms with Gasteiger partial charge in [0.05, 0.1) is 66.1 Å². The molecule has 702 valence electrons. The number of rotatable bonds is 80. The molecule has 0 atom stereocenters. The van der Waals surface area contributed by atoms with Crippen LogP contribution < -0.4 is 9.47 Å². The maximum Gasteiger partial charge on any atom is 0.164 e. The van der Waals surface area contributed by atoms with Gasteiger partial charge in [-0.1, -0.05) is 362 Å². The Morgan fingerprint density at radius 2 is 0.437 bits per heavy atom. The Bertz CT molecular complexity index is 4190. The SMILES string of the molecule is CCCCCCCCCCCCCCCCc1cc2c(cc1CCCCCCCCCCCCCCCC)-c1nc-2nc2[nH]c(nc3nc(nc4[nH]c(n1)c1cc(CCCCCCCCCCCCCCCC)c(CCCCCCCCCCCCCCCC)cc41)-c1ccc(OCCOCCOCCOC)cc1-3)c1ccc(OCCOCCOCCOC)cc21. The summed E-state index contributed by atoms with van der Waals surface area (Å²) in [5.74, 6) is 3.74. The van der Waals surface area contributed by atoms with Crippen LogP contribution in [0.25, 0.3) is 89.7 Å². The van der Waals surface area contributed by atoms with Crippen LogP contribution in [0.1, 0.15) is 410 Å². The van der Waals surface area contributed by atoms with E-state index in [0.29, 0.717) is 125 Å². The normalized spacial score (nSPS) is 12.0. The van der Waals surface area contributed by atoms with E-state index in [2.05, 4.69) is 86.2 Å². The summed E-state index contributed by atoms with van der Waals surface area (Å²) >= 11 is 0. The molecule has 0 unspecified atom stereocenters. The molecule has 0 amide bonds. The maximum atomic E-state index is 6.51. The summed E-state index contributed by atoms with van der Waals surface area (Å²) in [6, 6.07) is 22.3. The summed E-state index contributed by atoms with van der Waals surface area (Å²) in [7, 11) is 3.36. The molecule has 5 heterocycles. The lowest BCUT2D eigenvalue weighted by molar-refractivity contribution is 0.0180. The number of unbranched alkanes of at least 4 members (excludes halogenated alkanes) is 52. The van der Waals surface area contributed by atoms with Crippen molar-refractivity contribution in [2.75, 3.05) is 93.5 Å². The van der Waals surface area contributed by atoms with Gasteiger partial charge in [-0.05, 0) is 134 Å². The fraction of sp³-hybridized carbons (Fsp3) is 0.709. The molecule has 126 heavy (non-hydrogen) atoms. The Morgan fingerprint density at radius 3 is 0.738 bits per heavy atom. The molecule has 2 N–H and O–H groups in total. The van der Waals surface area contributed by atoms with Crippen LogP contribution >= 0.6 is 0 Å². The zero-order chi connectivity index (χ0) is 88.0. The molecule has 0 aliphatic carbocycles. The smallest absolute Gasteiger partial charge is 0.164 e. The van der Waals surface area contributed by atoms with Gasteiger partial charge in [0.15, 0.2) is 23.3 Å². The lowest BCUT2D eigenvalue weighted by Crippen LogP contribution is -2.12. The van der Waals surface area contributed by atoms with Gasteiger partial charge in [0.1, 0.15) is 47.3 Å². The lowest BCUT2D eigenvalue weighted by atomic mass is 9.91. The number of aromatic amines is 2. The van der Waals surface area contributed by atoms with E-state index in [0.717, 1.165) is 106 Å². The average molecular weight is 1740 g/mol. The van der Waals surface area contributed by atoms with Gasteiger partial charge in [-0.25, -0.2) is 29.9 Å². The van der Waals surface area contributed by atoms with E-state index in [1.54, 1.807) is 14.2 Å². The molecule has 9 rings (SSSR count). The van der Waals surface area contributed by atoms with Gasteiger partial charge < -0.3 is 47.9 Å². The van der Waals surface area contributed by atoms with Crippen LogP contribution in [-0.4, -0.2) is 133 Å². The van der Waals surface area contributed by atoms with Crippen molar-refractivity contribution >= 4 is 44.1 Å². The van der Waals surface area contributed by atoms with Crippen LogP contribution in [0, 0.1) is 0 Å². The minimum absolute atomic E-state index is 0.352. The molecule has 0 saturated heterocycles. The first-order valence-corrected chi connectivity index (χ1v) is 52.4. The average Bonchev–Trinajstić information content (AvgIpc) is 1.59. The van der Waals surface area contributed by atoms with Crippen molar-refractivity contribution in [1.29, 1.82) is 0 Å². The van der Waals surface area contributed by atoms with E-state index in [9.17, 15) is 0 Å². The number of benzene rings is 4. The standard InChI is InChI=1S/C110H174N8O8/c1-7-11-15-19-23-27-31-35-39-43-47-51-55-59-63-89-83-97-98(84-90(89)64-60-56-52-48-44-40-36-32-28-24-20-16-12-8-2)106-115-105(97)111-103-95-69-67-93(125-81-79-123-77-75-121-73-71-119-5)87-101(95)109(112-103)113-104-96-70-68-94(126-82-80-124-78-76-122-74-72-120-6)88-102(96)110(114-104)118-108-100-86-92(66-62-58-54-50-46-42-38-34-30-26-22-18-14-10-4)91(85-99(100)107(116-106)117-108)65-61-57-53-49-45-41-37-33-29-25-21-17-13-9-3/h67-70,83-88H,7-66,71-82H2,1-6H3,(H2,111,112,113,114,115,116,117,118). The topological polar surface area (TPSA) is 183 Å². The molecule has 16 nitrogen and oxygen atoms in total. The molecule has 4 aromatic carbocycles. The minimum Gasteiger partial charge on any atom is -0.491 e. The molecule has 0 saturated carbocycles. The molecular formula is C110H174N8O8. The third kappa shape index (κ3) is 39.3. The van der Waals surface area contributed by atoms with E-state index < -0.39 is 0 Å². The van der Waals surface area contributed by atoms with Gasteiger partial charge in [-0.15, -0.1) is 0 Å². The highest BCUT2D eigenvalue weighted by Crippen LogP contribution is 2.42. The number of methoxy groups -OCH3 is 2. The van der Waals surface area contributed by atoms with E-state index >= 15 is 0 Å². The second-order valence-corrected chi connectivity index (χ2v) is 36.9. The number of aryl methyl sites for hydroxylation is 4. The van der Waals surface area contributed by atoms with Crippen molar-refractivity contribution in [2.45, 2.75) is 413 Å². The number of ether oxygens (including phenoxy) is 8. The third-order valence-electron chi connectivity index (χ3n) is 26.2. The van der Waals surface area contributed by atoms with Crippen molar-refractivity contribution in [1.82, 2.24) is 39.9 Å². The Morgan fingerprint density at radius 1 is 0.206 bits per heavy atom. The van der Waals surface area contributed by atoms with Gasteiger partial charge >= 0.3 is 0 Å². The summed E-state index contributed by atoms with van der Waals surface area (Å²) < 4.78 is 46.6. The van der Waals surface area contributed by atoms with Crippen LogP contribution in [0.5, 0.6) is 11.5 Å². The lowest BCUT2D eigenvalue weighted by Gasteiger charge is -2.13. The van der Waals surface area contributed by atoms with Crippen molar-refractivity contribution in [3.8, 4) is 57.1 Å². The van der Waals surface area contributed by atoms with Gasteiger partial charge in [-0.2, -0.15) is 0 Å². The molecule has 8 bridgehead atoms. The minimum atomic E-state index is 0.352. The van der Waals surface area contributed by atoms with E-state index in [4.69, 9.17) is 67.8 Å². The van der Waals surface area contributed by atoms with E-state index in [1.807, 2.05) is 12.1 Å². The highest BCUT2D eigenvalue weighted by molar-refractivity contribution is 6.07. The Labute approximate surface area is 763 Å². The quantitative estimate of drug-likeness (QED) is 0.0343. The largest absolute Gasteiger partial charge is 0.491 e. The maximum absolute atomic E-state index is 6.51. The summed E-state index contributed by atoms with van der Waals surface area (Å²) in [6.45, 7) is 14.8. The number of aromatic nitrogens is 8. The fourth-order valence-electron chi connectivity index (χ4n) is 18.5. The van der Waals surface area contributed by atoms with Crippen LogP contribution in [-0.2, 0) is 54.1 Å². The molecule has 16 heteroatoms. The first kappa shape index (κ1) is 103. The van der Waals surface area contributed by atoms with E-state index in [1.165, 1.54) is 356 Å². The number of hydrogen-bond donors (Lipinski definition) is 2. The molecule has 2 aliphatic rings. The fourth-order valence-corrected chi connectivity index (χ4v) is 18.5. The van der Waals surface area contributed by atoms with Crippen molar-refractivity contribution in [2.24, 2.45) is 0 Å². The summed E-state index contributed by atoms with van der Waals surface area (Å²) in [5, 5.41) is 3.82. The second kappa shape index (κ2) is 66.0. The van der Waals surface area contributed by atoms with Crippen molar-refractivity contribution in [3.05, 3.63) is 82.9 Å². The number of nitrogens with zero attached hydrogens (tertiary/aromatic N) is 6. The molecule has 0 spiro atoms. The van der Waals surface area contributed by atoms with Gasteiger partial charge in [-0.3, -0.25) is 0 Å². The molecular weight excluding hydrogens is 1560 g/mol. The molecule has 2 aliphatic heterocycles. The van der Waals surface area contributed by atoms with Crippen LogP contribution in [0.15, 0.2) is 60.7 Å². The predicted octanol–water partition coefficient (Wildman–Crippen LogP) is 31.1. The van der Waals surface area contributed by atoms with Crippen LogP contribution in [0.3, 0.4) is 0 Å². The van der Waals surface area contributed by atoms with E-state index in [-0.39, 0.29) is 0 Å². The first-order valence-electron chi connectivity index (χ1n) is 52.4. The summed E-state index contributed by atoms with van der Waals surface area (Å²) in [6.07, 6.45) is 79.2. The van der Waals surface area contributed by atoms with Crippen molar-refractivity contribution in [3.63, 3.8) is 0 Å². The Kier molecular flexibility index (Phi) is 54.2. The number of fused-ring (bicyclic) bond motifs is 20. The highest BCUT2D eigenvalue weighted by Gasteiger charge is 2.26. The molecule has 7 aromatic rings. The number of nitrogens with one attached hydrogen (secondary N) is 2. The molecule has 0 radical (unpaired) electrons. The highest BCUT2D eigenvalue weighted by atomic mass is 16.6. The third-order valence-corrected chi connectivity index (χ3v) is 26.2. The van der Waals surface area contributed by atoms with Crippen molar-refractivity contribution < 1.29 is 37.9 Å². The molecule has 0 fully saturated rings. The zero-order valence-corrected chi connectivity index (χ0v) is 80.6. The zero-order valence-electron chi connectivity index (χ0n) is 80.6. The summed E-state index contributed by atoms with van der Waals surface area (Å²) in [4.78, 5) is 41.7. The predicted molar refractivity (Wildman–Crippen MR) is 530 cm³/mol. The first-order chi connectivity index (χ1) is 62.4. The second-order valence-electron chi connectivity index (χ2n) is 36.9. The van der Waals surface area contributed by atoms with Gasteiger partial charge in [0, 0.05) is 58.0 Å². The molecule has 3 aromatic heterocycles. The number of H-pyrrole nitrogens is 2.